The van der Waals surface area contributed by atoms with Gasteiger partial charge in [-0.3, -0.25) is 0 Å². The lowest BCUT2D eigenvalue weighted by Crippen LogP contribution is -2.19. The van der Waals surface area contributed by atoms with E-state index in [0.717, 1.165) is 13.0 Å². The molecule has 0 fully saturated rings. The summed E-state index contributed by atoms with van der Waals surface area (Å²) in [5.41, 5.74) is 0.588. The van der Waals surface area contributed by atoms with Crippen molar-refractivity contribution in [3.05, 3.63) is 34.4 Å². The van der Waals surface area contributed by atoms with Crippen LogP contribution in [0.15, 0.2) is 27.2 Å². The van der Waals surface area contributed by atoms with Crippen LogP contribution in [0, 0.1) is 5.82 Å². The van der Waals surface area contributed by atoms with Crippen LogP contribution in [0.25, 0.3) is 11.4 Å². The summed E-state index contributed by atoms with van der Waals surface area (Å²) in [4.78, 5) is 4.29. The van der Waals surface area contributed by atoms with Gasteiger partial charge in [0.15, 0.2) is 0 Å². The van der Waals surface area contributed by atoms with Crippen molar-refractivity contribution in [3.8, 4) is 11.4 Å². The molecule has 0 radical (unpaired) electrons. The molecule has 1 unspecified atom stereocenters. The minimum absolute atomic E-state index is 0.0156. The van der Waals surface area contributed by atoms with Crippen molar-refractivity contribution in [2.24, 2.45) is 0 Å². The molecule has 4 nitrogen and oxygen atoms in total. The van der Waals surface area contributed by atoms with Crippen LogP contribution in [-0.4, -0.2) is 16.7 Å². The highest BCUT2D eigenvalue weighted by Crippen LogP contribution is 2.23. The van der Waals surface area contributed by atoms with Crippen molar-refractivity contribution < 1.29 is 8.91 Å². The molecule has 0 aliphatic carbocycles. The first-order valence-corrected chi connectivity index (χ1v) is 6.93. The smallest absolute Gasteiger partial charge is 0.243 e. The standard InChI is InChI=1S/C13H15BrFN3O/c1-3-4-16-8(2)13-17-12(18-19-13)9-5-10(14)7-11(15)6-9/h5-8,16H,3-4H2,1-2H3. The highest BCUT2D eigenvalue weighted by atomic mass is 79.9. The molecule has 0 aliphatic heterocycles. The van der Waals surface area contributed by atoms with E-state index in [1.165, 1.54) is 12.1 Å². The van der Waals surface area contributed by atoms with E-state index in [2.05, 4.69) is 38.3 Å². The maximum absolute atomic E-state index is 13.3. The Hall–Kier alpha value is -1.27. The molecule has 0 spiro atoms. The summed E-state index contributed by atoms with van der Waals surface area (Å²) in [5.74, 6) is 0.553. The van der Waals surface area contributed by atoms with Gasteiger partial charge in [0, 0.05) is 10.0 Å². The van der Waals surface area contributed by atoms with E-state index in [0.29, 0.717) is 21.8 Å². The average molecular weight is 328 g/mol. The van der Waals surface area contributed by atoms with E-state index in [1.54, 1.807) is 6.07 Å². The quantitative estimate of drug-likeness (QED) is 0.909. The first-order valence-electron chi connectivity index (χ1n) is 6.13. The maximum atomic E-state index is 13.3. The Balaban J connectivity index is 2.20. The SMILES string of the molecule is CCCNC(C)c1nc(-c2cc(F)cc(Br)c2)no1. The lowest BCUT2D eigenvalue weighted by molar-refractivity contribution is 0.340. The Morgan fingerprint density at radius 2 is 2.21 bits per heavy atom. The predicted octanol–water partition coefficient (Wildman–Crippen LogP) is 3.70. The number of rotatable bonds is 5. The molecule has 1 heterocycles. The Morgan fingerprint density at radius 3 is 2.89 bits per heavy atom. The molecular weight excluding hydrogens is 313 g/mol. The maximum Gasteiger partial charge on any atom is 0.243 e. The zero-order chi connectivity index (χ0) is 13.8. The second-order valence-electron chi connectivity index (χ2n) is 4.29. The molecule has 0 amide bonds. The van der Waals surface area contributed by atoms with Crippen LogP contribution < -0.4 is 5.32 Å². The van der Waals surface area contributed by atoms with Gasteiger partial charge >= 0.3 is 0 Å². The van der Waals surface area contributed by atoms with Crippen molar-refractivity contribution >= 4 is 15.9 Å². The van der Waals surface area contributed by atoms with Crippen LogP contribution in [-0.2, 0) is 0 Å². The largest absolute Gasteiger partial charge is 0.337 e. The molecule has 102 valence electrons. The summed E-state index contributed by atoms with van der Waals surface area (Å²) in [7, 11) is 0. The Kier molecular flexibility index (Phi) is 4.66. The first-order chi connectivity index (χ1) is 9.10. The Labute approximate surface area is 119 Å². The lowest BCUT2D eigenvalue weighted by Gasteiger charge is -2.06. The van der Waals surface area contributed by atoms with E-state index in [9.17, 15) is 4.39 Å². The van der Waals surface area contributed by atoms with Gasteiger partial charge in [-0.15, -0.1) is 0 Å². The number of hydrogen-bond donors (Lipinski definition) is 1. The molecule has 1 N–H and O–H groups in total. The third-order valence-corrected chi connectivity index (χ3v) is 3.09. The second-order valence-corrected chi connectivity index (χ2v) is 5.21. The average Bonchev–Trinajstić information content (AvgIpc) is 2.84. The van der Waals surface area contributed by atoms with Crippen LogP contribution in [0.2, 0.25) is 0 Å². The van der Waals surface area contributed by atoms with Gasteiger partial charge in [-0.1, -0.05) is 28.0 Å². The molecular formula is C13H15BrFN3O. The van der Waals surface area contributed by atoms with Crippen LogP contribution in [0.5, 0.6) is 0 Å². The fraction of sp³-hybridized carbons (Fsp3) is 0.385. The van der Waals surface area contributed by atoms with Gasteiger partial charge in [-0.2, -0.15) is 4.98 Å². The van der Waals surface area contributed by atoms with Crippen LogP contribution in [0.4, 0.5) is 4.39 Å². The number of aromatic nitrogens is 2. The fourth-order valence-corrected chi connectivity index (χ4v) is 2.12. The van der Waals surface area contributed by atoms with Gasteiger partial charge in [0.1, 0.15) is 5.82 Å². The van der Waals surface area contributed by atoms with Crippen molar-refractivity contribution in [3.63, 3.8) is 0 Å². The van der Waals surface area contributed by atoms with Gasteiger partial charge in [0.2, 0.25) is 11.7 Å². The minimum Gasteiger partial charge on any atom is -0.337 e. The summed E-state index contributed by atoms with van der Waals surface area (Å²) >= 11 is 3.24. The third kappa shape index (κ3) is 3.61. The van der Waals surface area contributed by atoms with E-state index >= 15 is 0 Å². The van der Waals surface area contributed by atoms with Crippen molar-refractivity contribution in [2.45, 2.75) is 26.3 Å². The Bertz CT molecular complexity index is 538. The highest BCUT2D eigenvalue weighted by Gasteiger charge is 2.15. The van der Waals surface area contributed by atoms with Crippen molar-refractivity contribution in [1.29, 1.82) is 0 Å². The predicted molar refractivity (Wildman–Crippen MR) is 74.1 cm³/mol. The van der Waals surface area contributed by atoms with Crippen molar-refractivity contribution in [1.82, 2.24) is 15.5 Å². The van der Waals surface area contributed by atoms with E-state index < -0.39 is 0 Å². The summed E-state index contributed by atoms with van der Waals surface area (Å²) < 4.78 is 19.2. The lowest BCUT2D eigenvalue weighted by atomic mass is 10.2. The molecule has 6 heteroatoms. The summed E-state index contributed by atoms with van der Waals surface area (Å²) in [5, 5.41) is 7.14. The van der Waals surface area contributed by atoms with Crippen LogP contribution in [0.1, 0.15) is 32.2 Å². The second kappa shape index (κ2) is 6.25. The highest BCUT2D eigenvalue weighted by molar-refractivity contribution is 9.10. The molecule has 0 saturated carbocycles. The Morgan fingerprint density at radius 1 is 1.42 bits per heavy atom. The molecule has 0 aliphatic rings. The van der Waals surface area contributed by atoms with Gasteiger partial charge in [-0.05, 0) is 38.1 Å². The van der Waals surface area contributed by atoms with Gasteiger partial charge in [0.25, 0.3) is 0 Å². The number of benzene rings is 1. The van der Waals surface area contributed by atoms with E-state index in [1.807, 2.05) is 6.92 Å². The topological polar surface area (TPSA) is 51.0 Å². The number of halogens is 2. The minimum atomic E-state index is -0.340. The molecule has 2 aromatic rings. The normalized spacial score (nSPS) is 12.6. The van der Waals surface area contributed by atoms with Gasteiger partial charge in [-0.25, -0.2) is 4.39 Å². The molecule has 0 bridgehead atoms. The monoisotopic (exact) mass is 327 g/mol. The molecule has 19 heavy (non-hydrogen) atoms. The number of nitrogens with zero attached hydrogens (tertiary/aromatic N) is 2. The first kappa shape index (κ1) is 14.1. The summed E-state index contributed by atoms with van der Waals surface area (Å²) in [6.45, 7) is 4.92. The molecule has 2 rings (SSSR count). The van der Waals surface area contributed by atoms with Crippen LogP contribution in [0.3, 0.4) is 0 Å². The zero-order valence-electron chi connectivity index (χ0n) is 10.8. The molecule has 0 saturated heterocycles. The molecule has 1 aromatic carbocycles. The van der Waals surface area contributed by atoms with Crippen LogP contribution >= 0.6 is 15.9 Å². The van der Waals surface area contributed by atoms with E-state index in [-0.39, 0.29) is 11.9 Å². The fourth-order valence-electron chi connectivity index (χ4n) is 1.66. The van der Waals surface area contributed by atoms with Gasteiger partial charge in [0.05, 0.1) is 6.04 Å². The third-order valence-electron chi connectivity index (χ3n) is 2.63. The van der Waals surface area contributed by atoms with E-state index in [4.69, 9.17) is 4.52 Å². The van der Waals surface area contributed by atoms with Gasteiger partial charge < -0.3 is 9.84 Å². The zero-order valence-corrected chi connectivity index (χ0v) is 12.4. The number of hydrogen-bond acceptors (Lipinski definition) is 4. The summed E-state index contributed by atoms with van der Waals surface area (Å²) in [6, 6.07) is 4.50. The van der Waals surface area contributed by atoms with Crippen molar-refractivity contribution in [2.75, 3.05) is 6.54 Å². The molecule has 1 atom stereocenters. The molecule has 1 aromatic heterocycles. The summed E-state index contributed by atoms with van der Waals surface area (Å²) in [6.07, 6.45) is 1.03. The number of nitrogens with one attached hydrogen (secondary N) is 1.